The first kappa shape index (κ1) is 11.6. The van der Waals surface area contributed by atoms with E-state index in [1.165, 1.54) is 4.25 Å². The molecule has 0 saturated carbocycles. The molecule has 0 fully saturated rings. The van der Waals surface area contributed by atoms with Gasteiger partial charge in [0.25, 0.3) is 0 Å². The average Bonchev–Trinajstić information content (AvgIpc) is 1.86. The van der Waals surface area contributed by atoms with Gasteiger partial charge in [-0.1, -0.05) is 0 Å². The van der Waals surface area contributed by atoms with Gasteiger partial charge in [-0.3, -0.25) is 0 Å². The maximum atomic E-state index is 3.01. The van der Waals surface area contributed by atoms with E-state index >= 15 is 0 Å². The average molecular weight is 416 g/mol. The fourth-order valence-electron chi connectivity index (χ4n) is 0.304. The van der Waals surface area contributed by atoms with E-state index < -0.39 is 0 Å². The minimum atomic E-state index is 0. The quantitative estimate of drug-likeness (QED) is 0.434. The van der Waals surface area contributed by atoms with Crippen molar-refractivity contribution in [1.82, 2.24) is 4.98 Å². The van der Waals surface area contributed by atoms with Crippen molar-refractivity contribution in [3.05, 3.63) is 18.3 Å². The first-order valence-corrected chi connectivity index (χ1v) is 2.94. The fourth-order valence-corrected chi connectivity index (χ4v) is 0.760. The van der Waals surface area contributed by atoms with E-state index in [4.69, 9.17) is 0 Å². The van der Waals surface area contributed by atoms with Crippen LogP contribution in [0, 0.1) is 0 Å². The Bertz CT molecular complexity index is 118. The molecule has 0 spiro atoms. The van der Waals surface area contributed by atoms with Crippen molar-refractivity contribution in [2.75, 3.05) is 0 Å². The third-order valence-corrected chi connectivity index (χ3v) is 1.34. The molecule has 1 aromatic heterocycles. The molecule has 4 heteroatoms. The predicted octanol–water partition coefficient (Wildman–Crippen LogP) is -5.81. The molecule has 0 bridgehead atoms. The Balaban J connectivity index is 0. The van der Waals surface area contributed by atoms with Gasteiger partial charge < -0.3 is 34.0 Å². The van der Waals surface area contributed by atoms with Crippen LogP contribution in [0.3, 0.4) is 0 Å². The molecule has 0 atom stereocenters. The number of hydrogen-bond acceptors (Lipinski definition) is 0. The van der Waals surface area contributed by atoms with Crippen molar-refractivity contribution in [3.63, 3.8) is 0 Å². The Labute approximate surface area is 79.7 Å². The van der Waals surface area contributed by atoms with E-state index in [9.17, 15) is 0 Å². The van der Waals surface area contributed by atoms with Crippen LogP contribution in [0.5, 0.6) is 0 Å². The summed E-state index contributed by atoms with van der Waals surface area (Å²) < 4.78 is 1.25. The molecule has 1 nitrogen and oxygen atoms in total. The first-order valence-electron chi connectivity index (χ1n) is 1.67. The van der Waals surface area contributed by atoms with Gasteiger partial charge in [0.2, 0.25) is 0 Å². The SMILES string of the molecule is [Br-].[Br-].[Os+2][c]1ccc[nH]1. The van der Waals surface area contributed by atoms with Crippen molar-refractivity contribution in [2.24, 2.45) is 0 Å². The zero-order valence-electron chi connectivity index (χ0n) is 3.84. The van der Waals surface area contributed by atoms with Gasteiger partial charge in [0.05, 0.1) is 0 Å². The van der Waals surface area contributed by atoms with Crippen molar-refractivity contribution in [2.45, 2.75) is 0 Å². The van der Waals surface area contributed by atoms with Crippen LogP contribution in [0.4, 0.5) is 0 Å². The van der Waals surface area contributed by atoms with Crippen LogP contribution in [-0.4, -0.2) is 4.98 Å². The Morgan fingerprint density at radius 3 is 2.12 bits per heavy atom. The Morgan fingerprint density at radius 2 is 2.00 bits per heavy atom. The molecule has 1 aromatic rings. The number of hydrogen-bond donors (Lipinski definition) is 1. The summed E-state index contributed by atoms with van der Waals surface area (Å²) in [6.45, 7) is 0. The number of rotatable bonds is 0. The molecule has 1 N–H and O–H groups in total. The molecule has 1 heterocycles. The molecule has 0 aliphatic rings. The van der Waals surface area contributed by atoms with E-state index in [1.54, 1.807) is 0 Å². The molecule has 0 aliphatic carbocycles. The molecule has 8 heavy (non-hydrogen) atoms. The van der Waals surface area contributed by atoms with Crippen molar-refractivity contribution in [3.8, 4) is 0 Å². The van der Waals surface area contributed by atoms with Crippen LogP contribution >= 0.6 is 0 Å². The standard InChI is InChI=1S/C4H4N.2BrH.Os/c1-2-4-5-3-1;;;/h1-3,5H;2*1H;/q;;;+2/p-2. The molecule has 0 unspecified atom stereocenters. The third-order valence-electron chi connectivity index (χ3n) is 0.552. The zero-order valence-corrected chi connectivity index (χ0v) is 9.55. The summed E-state index contributed by atoms with van der Waals surface area (Å²) in [5.41, 5.74) is 0. The summed E-state index contributed by atoms with van der Waals surface area (Å²) in [7, 11) is 0. The number of aromatic amines is 1. The number of H-pyrrole nitrogens is 1. The van der Waals surface area contributed by atoms with E-state index in [0.29, 0.717) is 0 Å². The Hall–Kier alpha value is 0.876. The van der Waals surface area contributed by atoms with Gasteiger partial charge >= 0.3 is 46.2 Å². The second-order valence-corrected chi connectivity index (χ2v) is 2.37. The zero-order chi connectivity index (χ0) is 4.41. The molecule has 1 rings (SSSR count). The molecular weight excluding hydrogens is 412 g/mol. The normalized spacial score (nSPS) is 6.50. The summed E-state index contributed by atoms with van der Waals surface area (Å²) in [6, 6.07) is 4.03. The Kier molecular flexibility index (Phi) is 8.74. The summed E-state index contributed by atoms with van der Waals surface area (Å²) in [4.78, 5) is 3.01. The third kappa shape index (κ3) is 3.83. The second kappa shape index (κ2) is 6.00. The summed E-state index contributed by atoms with van der Waals surface area (Å²) in [5, 5.41) is 0. The van der Waals surface area contributed by atoms with Crippen LogP contribution in [0.15, 0.2) is 18.3 Å². The van der Waals surface area contributed by atoms with Crippen molar-refractivity contribution < 1.29 is 52.6 Å². The van der Waals surface area contributed by atoms with Crippen LogP contribution in [0.1, 0.15) is 0 Å². The topological polar surface area (TPSA) is 15.8 Å². The predicted molar refractivity (Wildman–Crippen MR) is 20.4 cm³/mol. The van der Waals surface area contributed by atoms with Gasteiger partial charge in [0.15, 0.2) is 0 Å². The van der Waals surface area contributed by atoms with Crippen molar-refractivity contribution >= 4 is 4.25 Å². The van der Waals surface area contributed by atoms with Gasteiger partial charge in [-0.15, -0.1) is 0 Å². The number of halogens is 2. The van der Waals surface area contributed by atoms with E-state index in [-0.39, 0.29) is 34.0 Å². The molecule has 47 valence electrons. The number of nitrogens with one attached hydrogen (secondary N) is 1. The maximum absolute atomic E-state index is 3.01. The van der Waals surface area contributed by atoms with E-state index in [1.807, 2.05) is 36.9 Å². The molecule has 0 aliphatic heterocycles. The Morgan fingerprint density at radius 1 is 1.38 bits per heavy atom. The summed E-state index contributed by atoms with van der Waals surface area (Å²) >= 11 is 1.85. The summed E-state index contributed by atoms with van der Waals surface area (Å²) in [6.07, 6.45) is 1.92. The fraction of sp³-hybridized carbons (Fsp3) is 0. The summed E-state index contributed by atoms with van der Waals surface area (Å²) in [5.74, 6) is 0. The van der Waals surface area contributed by atoms with E-state index in [2.05, 4.69) is 4.98 Å². The monoisotopic (exact) mass is 416 g/mol. The van der Waals surface area contributed by atoms with Crippen LogP contribution in [-0.2, 0) is 18.6 Å². The van der Waals surface area contributed by atoms with Crippen LogP contribution < -0.4 is 38.2 Å². The van der Waals surface area contributed by atoms with Crippen LogP contribution in [0.2, 0.25) is 0 Å². The number of aromatic nitrogens is 1. The van der Waals surface area contributed by atoms with Gasteiger partial charge in [-0.05, 0) is 0 Å². The molecule has 0 aromatic carbocycles. The van der Waals surface area contributed by atoms with E-state index in [0.717, 1.165) is 0 Å². The van der Waals surface area contributed by atoms with Gasteiger partial charge in [-0.2, -0.15) is 0 Å². The van der Waals surface area contributed by atoms with Gasteiger partial charge in [-0.25, -0.2) is 0 Å². The molecule has 0 radical (unpaired) electrons. The van der Waals surface area contributed by atoms with Gasteiger partial charge in [0, 0.05) is 0 Å². The van der Waals surface area contributed by atoms with Crippen molar-refractivity contribution in [1.29, 1.82) is 0 Å². The first-order chi connectivity index (χ1) is 2.89. The van der Waals surface area contributed by atoms with Gasteiger partial charge in [0.1, 0.15) is 0 Å². The molecule has 0 amide bonds. The molecule has 0 saturated heterocycles. The molecular formula is C4H4Br2NOs. The van der Waals surface area contributed by atoms with Crippen LogP contribution in [0.25, 0.3) is 0 Å². The second-order valence-electron chi connectivity index (χ2n) is 1.00. The minimum absolute atomic E-state index is 0.